The molecule has 1 N–H and O–H groups in total. The summed E-state index contributed by atoms with van der Waals surface area (Å²) in [5, 5.41) is 3.36. The number of carbonyl (C=O) groups is 1. The van der Waals surface area contributed by atoms with Gasteiger partial charge in [-0.3, -0.25) is 4.79 Å². The van der Waals surface area contributed by atoms with Crippen LogP contribution in [0.25, 0.3) is 11.4 Å². The van der Waals surface area contributed by atoms with Gasteiger partial charge in [0.2, 0.25) is 0 Å². The molecule has 0 unspecified atom stereocenters. The Balaban J connectivity index is 1.61. The van der Waals surface area contributed by atoms with Gasteiger partial charge in [0.1, 0.15) is 11.6 Å². The number of hydrogen-bond donors (Lipinski definition) is 1. The molecule has 0 aliphatic carbocycles. The Kier molecular flexibility index (Phi) is 6.21. The Bertz CT molecular complexity index is 1040. The van der Waals surface area contributed by atoms with Crippen LogP contribution in [0.1, 0.15) is 35.7 Å². The summed E-state index contributed by atoms with van der Waals surface area (Å²) in [6.45, 7) is 5.35. The van der Waals surface area contributed by atoms with Crippen molar-refractivity contribution in [2.24, 2.45) is 5.92 Å². The van der Waals surface area contributed by atoms with E-state index in [1.807, 2.05) is 30.2 Å². The standard InChI is InChI=1S/C24H26FN5O/c1-16-6-9-22(28-14-16)29-15-21-17(2)5-3-12-30(21)24(31)20-13-18(25)7-8-19(20)23-26-10-4-11-27-23/h4,6-11,13-14,17,21H,3,5,12,15H2,1-2H3,(H,28,29)/t17-,21-/m1/s1. The summed E-state index contributed by atoms with van der Waals surface area (Å²) in [7, 11) is 0. The number of likely N-dealkylation sites (tertiary alicyclic amines) is 1. The Morgan fingerprint density at radius 1 is 1.19 bits per heavy atom. The third-order valence-corrected chi connectivity index (χ3v) is 5.80. The first-order chi connectivity index (χ1) is 15.0. The number of anilines is 1. The van der Waals surface area contributed by atoms with Gasteiger partial charge in [0.25, 0.3) is 5.91 Å². The smallest absolute Gasteiger partial charge is 0.255 e. The van der Waals surface area contributed by atoms with Crippen LogP contribution < -0.4 is 5.32 Å². The van der Waals surface area contributed by atoms with E-state index in [1.54, 1.807) is 24.5 Å². The first-order valence-corrected chi connectivity index (χ1v) is 10.6. The highest BCUT2D eigenvalue weighted by atomic mass is 19.1. The van der Waals surface area contributed by atoms with Crippen molar-refractivity contribution in [2.75, 3.05) is 18.4 Å². The minimum absolute atomic E-state index is 0.0304. The molecule has 1 aliphatic heterocycles. The van der Waals surface area contributed by atoms with Gasteiger partial charge in [0.05, 0.1) is 11.6 Å². The largest absolute Gasteiger partial charge is 0.368 e. The number of piperidine rings is 1. The van der Waals surface area contributed by atoms with Gasteiger partial charge >= 0.3 is 0 Å². The molecular weight excluding hydrogens is 393 g/mol. The van der Waals surface area contributed by atoms with Crippen molar-refractivity contribution in [3.63, 3.8) is 0 Å². The van der Waals surface area contributed by atoms with E-state index in [4.69, 9.17) is 0 Å². The molecule has 0 radical (unpaired) electrons. The van der Waals surface area contributed by atoms with Gasteiger partial charge in [-0.1, -0.05) is 13.0 Å². The van der Waals surface area contributed by atoms with E-state index in [0.29, 0.717) is 36.0 Å². The molecule has 2 atom stereocenters. The Hall–Kier alpha value is -3.35. The topological polar surface area (TPSA) is 71.0 Å². The summed E-state index contributed by atoms with van der Waals surface area (Å²) in [5.41, 5.74) is 1.92. The summed E-state index contributed by atoms with van der Waals surface area (Å²) < 4.78 is 14.1. The maximum Gasteiger partial charge on any atom is 0.255 e. The van der Waals surface area contributed by atoms with Crippen molar-refractivity contribution in [3.05, 3.63) is 71.9 Å². The normalized spacial score (nSPS) is 18.6. The SMILES string of the molecule is Cc1ccc(NC[C@@H]2[C@H](C)CCCN2C(=O)c2cc(F)ccc2-c2ncccn2)nc1. The van der Waals surface area contributed by atoms with Gasteiger partial charge in [-0.15, -0.1) is 0 Å². The molecule has 1 fully saturated rings. The van der Waals surface area contributed by atoms with E-state index in [9.17, 15) is 9.18 Å². The molecule has 160 valence electrons. The molecule has 1 saturated heterocycles. The van der Waals surface area contributed by atoms with Crippen molar-refractivity contribution in [2.45, 2.75) is 32.7 Å². The third kappa shape index (κ3) is 4.71. The average molecular weight is 420 g/mol. The molecule has 1 aliphatic rings. The molecule has 0 spiro atoms. The first-order valence-electron chi connectivity index (χ1n) is 10.6. The number of carbonyl (C=O) groups excluding carboxylic acids is 1. The van der Waals surface area contributed by atoms with E-state index < -0.39 is 5.82 Å². The fourth-order valence-corrected chi connectivity index (χ4v) is 4.08. The lowest BCUT2D eigenvalue weighted by Crippen LogP contribution is -2.51. The fourth-order valence-electron chi connectivity index (χ4n) is 4.08. The monoisotopic (exact) mass is 419 g/mol. The maximum absolute atomic E-state index is 14.1. The highest BCUT2D eigenvalue weighted by Crippen LogP contribution is 2.29. The average Bonchev–Trinajstić information content (AvgIpc) is 2.79. The summed E-state index contributed by atoms with van der Waals surface area (Å²) in [6.07, 6.45) is 7.00. The van der Waals surface area contributed by atoms with Gasteiger partial charge < -0.3 is 10.2 Å². The molecule has 3 heterocycles. The van der Waals surface area contributed by atoms with Crippen LogP contribution in [-0.4, -0.2) is 44.9 Å². The van der Waals surface area contributed by atoms with Crippen LogP contribution in [0, 0.1) is 18.7 Å². The van der Waals surface area contributed by atoms with Gasteiger partial charge in [-0.25, -0.2) is 19.3 Å². The fraction of sp³-hybridized carbons (Fsp3) is 0.333. The van der Waals surface area contributed by atoms with Crippen molar-refractivity contribution in [3.8, 4) is 11.4 Å². The van der Waals surface area contributed by atoms with E-state index in [0.717, 1.165) is 24.2 Å². The lowest BCUT2D eigenvalue weighted by atomic mass is 9.89. The summed E-state index contributed by atoms with van der Waals surface area (Å²) in [6, 6.07) is 9.82. The van der Waals surface area contributed by atoms with Crippen LogP contribution in [-0.2, 0) is 0 Å². The van der Waals surface area contributed by atoms with Crippen LogP contribution in [0.15, 0.2) is 55.0 Å². The number of halogens is 1. The molecule has 7 heteroatoms. The summed E-state index contributed by atoms with van der Waals surface area (Å²) in [5.74, 6) is 0.846. The molecule has 3 aromatic rings. The number of aromatic nitrogens is 3. The lowest BCUT2D eigenvalue weighted by molar-refractivity contribution is 0.0540. The molecular formula is C24H26FN5O. The van der Waals surface area contributed by atoms with Crippen molar-refractivity contribution >= 4 is 11.7 Å². The van der Waals surface area contributed by atoms with E-state index >= 15 is 0 Å². The molecule has 0 saturated carbocycles. The van der Waals surface area contributed by atoms with Gasteiger partial charge in [0.15, 0.2) is 5.82 Å². The predicted molar refractivity (Wildman–Crippen MR) is 118 cm³/mol. The number of pyridine rings is 1. The maximum atomic E-state index is 14.1. The van der Waals surface area contributed by atoms with Gasteiger partial charge in [-0.2, -0.15) is 0 Å². The number of aryl methyl sites for hydroxylation is 1. The number of nitrogens with one attached hydrogen (secondary N) is 1. The van der Waals surface area contributed by atoms with Crippen LogP contribution in [0.5, 0.6) is 0 Å². The van der Waals surface area contributed by atoms with Crippen molar-refractivity contribution in [1.82, 2.24) is 19.9 Å². The van der Waals surface area contributed by atoms with Crippen LogP contribution in [0.4, 0.5) is 10.2 Å². The number of amides is 1. The summed E-state index contributed by atoms with van der Waals surface area (Å²) in [4.78, 5) is 28.4. The van der Waals surface area contributed by atoms with Gasteiger partial charge in [-0.05, 0) is 61.6 Å². The van der Waals surface area contributed by atoms with Crippen LogP contribution >= 0.6 is 0 Å². The molecule has 1 aromatic carbocycles. The zero-order valence-corrected chi connectivity index (χ0v) is 17.8. The minimum Gasteiger partial charge on any atom is -0.368 e. The highest BCUT2D eigenvalue weighted by molar-refractivity contribution is 6.00. The number of nitrogens with zero attached hydrogens (tertiary/aromatic N) is 4. The number of hydrogen-bond acceptors (Lipinski definition) is 5. The lowest BCUT2D eigenvalue weighted by Gasteiger charge is -2.40. The Morgan fingerprint density at radius 2 is 2.00 bits per heavy atom. The van der Waals surface area contributed by atoms with Crippen molar-refractivity contribution in [1.29, 1.82) is 0 Å². The zero-order valence-electron chi connectivity index (χ0n) is 17.8. The highest BCUT2D eigenvalue weighted by Gasteiger charge is 2.33. The van der Waals surface area contributed by atoms with Crippen LogP contribution in [0.2, 0.25) is 0 Å². The second-order valence-electron chi connectivity index (χ2n) is 8.05. The second-order valence-corrected chi connectivity index (χ2v) is 8.05. The molecule has 0 bridgehead atoms. The minimum atomic E-state index is -0.452. The van der Waals surface area contributed by atoms with Crippen molar-refractivity contribution < 1.29 is 9.18 Å². The quantitative estimate of drug-likeness (QED) is 0.666. The molecule has 1 amide bonds. The van der Waals surface area contributed by atoms with Gasteiger partial charge in [0, 0.05) is 37.2 Å². The third-order valence-electron chi connectivity index (χ3n) is 5.80. The molecule has 31 heavy (non-hydrogen) atoms. The van der Waals surface area contributed by atoms with E-state index in [2.05, 4.69) is 27.2 Å². The summed E-state index contributed by atoms with van der Waals surface area (Å²) >= 11 is 0. The first kappa shape index (κ1) is 20.9. The zero-order chi connectivity index (χ0) is 21.8. The predicted octanol–water partition coefficient (Wildman–Crippen LogP) is 4.34. The second kappa shape index (κ2) is 9.20. The van der Waals surface area contributed by atoms with E-state index in [-0.39, 0.29) is 11.9 Å². The molecule has 2 aromatic heterocycles. The molecule has 4 rings (SSSR count). The number of rotatable bonds is 5. The Labute approximate surface area is 181 Å². The molecule has 6 nitrogen and oxygen atoms in total. The number of benzene rings is 1. The van der Waals surface area contributed by atoms with E-state index in [1.165, 1.54) is 12.1 Å². The van der Waals surface area contributed by atoms with Crippen LogP contribution in [0.3, 0.4) is 0 Å². The Morgan fingerprint density at radius 3 is 2.74 bits per heavy atom.